The number of rotatable bonds is 6. The summed E-state index contributed by atoms with van der Waals surface area (Å²) in [5.41, 5.74) is 5.06. The zero-order valence-electron chi connectivity index (χ0n) is 11.3. The van der Waals surface area contributed by atoms with Crippen LogP contribution in [0.5, 0.6) is 0 Å². The van der Waals surface area contributed by atoms with Crippen LogP contribution in [0.2, 0.25) is 0 Å². The summed E-state index contributed by atoms with van der Waals surface area (Å²) in [6.45, 7) is 7.98. The fourth-order valence-electron chi connectivity index (χ4n) is 1.29. The first-order valence-electron chi connectivity index (χ1n) is 6.07. The summed E-state index contributed by atoms with van der Waals surface area (Å²) in [6.07, 6.45) is 2.01. The van der Waals surface area contributed by atoms with Crippen molar-refractivity contribution in [2.24, 2.45) is 5.73 Å². The monoisotopic (exact) mass is 243 g/mol. The molecule has 0 aromatic rings. The minimum Gasteiger partial charge on any atom is -0.350 e. The normalized spacial score (nSPS) is 13.0. The maximum Gasteiger partial charge on any atom is 0.242 e. The number of amides is 2. The molecule has 5 nitrogen and oxygen atoms in total. The number of nitrogens with one attached hydrogen (secondary N) is 2. The molecule has 0 radical (unpaired) electrons. The molecule has 0 aliphatic carbocycles. The van der Waals surface area contributed by atoms with Crippen LogP contribution in [0.15, 0.2) is 0 Å². The molecule has 0 saturated carbocycles. The Bertz CT molecular complexity index is 259. The highest BCUT2D eigenvalue weighted by molar-refractivity contribution is 5.87. The first-order chi connectivity index (χ1) is 7.76. The van der Waals surface area contributed by atoms with Crippen molar-refractivity contribution in [1.82, 2.24) is 10.6 Å². The average molecular weight is 243 g/mol. The quantitative estimate of drug-likeness (QED) is 0.595. The number of hydrogen-bond acceptors (Lipinski definition) is 3. The molecular weight excluding hydrogens is 218 g/mol. The van der Waals surface area contributed by atoms with Gasteiger partial charge >= 0.3 is 0 Å². The lowest BCUT2D eigenvalue weighted by atomic mass is 10.1. The second-order valence-corrected chi connectivity index (χ2v) is 5.27. The first-order valence-corrected chi connectivity index (χ1v) is 6.07. The summed E-state index contributed by atoms with van der Waals surface area (Å²) in [7, 11) is 0. The summed E-state index contributed by atoms with van der Waals surface area (Å²) < 4.78 is 0. The van der Waals surface area contributed by atoms with Gasteiger partial charge in [-0.1, -0.05) is 0 Å². The largest absolute Gasteiger partial charge is 0.350 e. The Morgan fingerprint density at radius 1 is 1.24 bits per heavy atom. The Balaban J connectivity index is 3.95. The summed E-state index contributed by atoms with van der Waals surface area (Å²) in [6, 6.07) is -0.500. The van der Waals surface area contributed by atoms with Gasteiger partial charge in [0.05, 0.1) is 0 Å². The first kappa shape index (κ1) is 15.9. The molecule has 0 aromatic carbocycles. The van der Waals surface area contributed by atoms with Crippen LogP contribution in [0, 0.1) is 0 Å². The predicted octanol–water partition coefficient (Wildman–Crippen LogP) is 0.535. The molecule has 4 N–H and O–H groups in total. The van der Waals surface area contributed by atoms with E-state index in [0.717, 1.165) is 12.8 Å². The molecular formula is C12H25N3O2. The van der Waals surface area contributed by atoms with Crippen molar-refractivity contribution in [3.63, 3.8) is 0 Å². The number of nitrogens with two attached hydrogens (primary N) is 1. The SMILES string of the molecule is CC(NC(=O)CCCCN)C(=O)NC(C)(C)C. The van der Waals surface area contributed by atoms with E-state index in [1.54, 1.807) is 6.92 Å². The minimum atomic E-state index is -0.500. The molecule has 5 heteroatoms. The maximum atomic E-state index is 11.7. The number of unbranched alkanes of at least 4 members (excludes halogenated alkanes) is 1. The van der Waals surface area contributed by atoms with Gasteiger partial charge in [0.2, 0.25) is 11.8 Å². The summed E-state index contributed by atoms with van der Waals surface area (Å²) in [5.74, 6) is -0.264. The molecule has 17 heavy (non-hydrogen) atoms. The topological polar surface area (TPSA) is 84.2 Å². The summed E-state index contributed by atoms with van der Waals surface area (Å²) in [5, 5.41) is 5.49. The van der Waals surface area contributed by atoms with E-state index >= 15 is 0 Å². The van der Waals surface area contributed by atoms with Gasteiger partial charge in [0, 0.05) is 12.0 Å². The summed E-state index contributed by atoms with van der Waals surface area (Å²) in [4.78, 5) is 23.1. The van der Waals surface area contributed by atoms with Gasteiger partial charge in [-0.2, -0.15) is 0 Å². The Kier molecular flexibility index (Phi) is 6.80. The molecule has 100 valence electrons. The average Bonchev–Trinajstić information content (AvgIpc) is 2.15. The zero-order chi connectivity index (χ0) is 13.5. The van der Waals surface area contributed by atoms with Crippen molar-refractivity contribution in [2.45, 2.75) is 58.5 Å². The van der Waals surface area contributed by atoms with E-state index in [-0.39, 0.29) is 17.4 Å². The van der Waals surface area contributed by atoms with Crippen molar-refractivity contribution >= 4 is 11.8 Å². The molecule has 0 heterocycles. The Morgan fingerprint density at radius 3 is 2.29 bits per heavy atom. The molecule has 0 rings (SSSR count). The van der Waals surface area contributed by atoms with Crippen LogP contribution in [-0.4, -0.2) is 29.9 Å². The lowest BCUT2D eigenvalue weighted by molar-refractivity contribution is -0.129. The van der Waals surface area contributed by atoms with Gasteiger partial charge in [0.25, 0.3) is 0 Å². The maximum absolute atomic E-state index is 11.7. The van der Waals surface area contributed by atoms with Gasteiger partial charge in [-0.15, -0.1) is 0 Å². The van der Waals surface area contributed by atoms with Crippen molar-refractivity contribution in [1.29, 1.82) is 0 Å². The van der Waals surface area contributed by atoms with Gasteiger partial charge in [0.15, 0.2) is 0 Å². The fraction of sp³-hybridized carbons (Fsp3) is 0.833. The minimum absolute atomic E-state index is 0.102. The number of hydrogen-bond donors (Lipinski definition) is 3. The van der Waals surface area contributed by atoms with E-state index in [1.165, 1.54) is 0 Å². The molecule has 0 fully saturated rings. The van der Waals surface area contributed by atoms with E-state index in [4.69, 9.17) is 5.73 Å². The standard InChI is InChI=1S/C12H25N3O2/c1-9(11(17)15-12(2,3)4)14-10(16)7-5-6-8-13/h9H,5-8,13H2,1-4H3,(H,14,16)(H,15,17). The number of carbonyl (C=O) groups is 2. The van der Waals surface area contributed by atoms with Crippen LogP contribution in [0.25, 0.3) is 0 Å². The number of carbonyl (C=O) groups excluding carboxylic acids is 2. The fourth-order valence-corrected chi connectivity index (χ4v) is 1.29. The van der Waals surface area contributed by atoms with Crippen LogP contribution < -0.4 is 16.4 Å². The van der Waals surface area contributed by atoms with E-state index < -0.39 is 6.04 Å². The van der Waals surface area contributed by atoms with E-state index in [0.29, 0.717) is 13.0 Å². The highest BCUT2D eigenvalue weighted by atomic mass is 16.2. The molecule has 0 aliphatic heterocycles. The van der Waals surface area contributed by atoms with Crippen LogP contribution >= 0.6 is 0 Å². The lowest BCUT2D eigenvalue weighted by Crippen LogP contribution is -2.50. The highest BCUT2D eigenvalue weighted by Crippen LogP contribution is 2.00. The van der Waals surface area contributed by atoms with Crippen molar-refractivity contribution in [2.75, 3.05) is 6.54 Å². The van der Waals surface area contributed by atoms with Gasteiger partial charge in [-0.25, -0.2) is 0 Å². The van der Waals surface area contributed by atoms with Crippen LogP contribution in [0.1, 0.15) is 47.0 Å². The van der Waals surface area contributed by atoms with Crippen LogP contribution in [0.3, 0.4) is 0 Å². The highest BCUT2D eigenvalue weighted by Gasteiger charge is 2.20. The molecule has 0 spiro atoms. The van der Waals surface area contributed by atoms with Crippen molar-refractivity contribution in [3.8, 4) is 0 Å². The van der Waals surface area contributed by atoms with Gasteiger partial charge in [-0.05, 0) is 47.1 Å². The molecule has 1 atom stereocenters. The van der Waals surface area contributed by atoms with E-state index in [1.807, 2.05) is 20.8 Å². The zero-order valence-corrected chi connectivity index (χ0v) is 11.3. The molecule has 0 aliphatic rings. The van der Waals surface area contributed by atoms with Crippen molar-refractivity contribution < 1.29 is 9.59 Å². The smallest absolute Gasteiger partial charge is 0.242 e. The van der Waals surface area contributed by atoms with Gasteiger partial charge in [-0.3, -0.25) is 9.59 Å². The Morgan fingerprint density at radius 2 is 1.82 bits per heavy atom. The lowest BCUT2D eigenvalue weighted by Gasteiger charge is -2.23. The molecule has 0 saturated heterocycles. The second kappa shape index (κ2) is 7.27. The third kappa shape index (κ3) is 8.68. The van der Waals surface area contributed by atoms with Gasteiger partial charge < -0.3 is 16.4 Å². The third-order valence-corrected chi connectivity index (χ3v) is 2.13. The van der Waals surface area contributed by atoms with Crippen molar-refractivity contribution in [3.05, 3.63) is 0 Å². The second-order valence-electron chi connectivity index (χ2n) is 5.27. The van der Waals surface area contributed by atoms with Gasteiger partial charge in [0.1, 0.15) is 6.04 Å². The van der Waals surface area contributed by atoms with E-state index in [9.17, 15) is 9.59 Å². The predicted molar refractivity (Wildman–Crippen MR) is 68.4 cm³/mol. The molecule has 0 bridgehead atoms. The van der Waals surface area contributed by atoms with Crippen LogP contribution in [0.4, 0.5) is 0 Å². The van der Waals surface area contributed by atoms with Crippen LogP contribution in [-0.2, 0) is 9.59 Å². The molecule has 2 amide bonds. The summed E-state index contributed by atoms with van der Waals surface area (Å²) >= 11 is 0. The third-order valence-electron chi connectivity index (χ3n) is 2.13. The Labute approximate surface area is 104 Å². The molecule has 0 aromatic heterocycles. The Hall–Kier alpha value is -1.10. The molecule has 1 unspecified atom stereocenters. The van der Waals surface area contributed by atoms with E-state index in [2.05, 4.69) is 10.6 Å².